The number of likely N-dealkylation sites (tertiary alicyclic amines) is 2. The van der Waals surface area contributed by atoms with Crippen LogP contribution in [0.25, 0.3) is 33.6 Å². The summed E-state index contributed by atoms with van der Waals surface area (Å²) in [6.45, 7) is 15.0. The van der Waals surface area contributed by atoms with Gasteiger partial charge < -0.3 is 28.9 Å². The Labute approximate surface area is 316 Å². The Bertz CT molecular complexity index is 2090. The highest BCUT2D eigenvalue weighted by molar-refractivity contribution is 5.83. The molecule has 12 heteroatoms. The lowest BCUT2D eigenvalue weighted by atomic mass is 9.86. The van der Waals surface area contributed by atoms with E-state index in [4.69, 9.17) is 28.9 Å². The number of nitrogens with zero attached hydrogens (tertiary/aromatic N) is 4. The van der Waals surface area contributed by atoms with Crippen molar-refractivity contribution in [3.8, 4) is 39.4 Å². The predicted molar refractivity (Wildman–Crippen MR) is 204 cm³/mol. The maximum atomic E-state index is 13.2. The van der Waals surface area contributed by atoms with Crippen LogP contribution in [0.3, 0.4) is 0 Å². The highest BCUT2D eigenvalue weighted by atomic mass is 16.6. The molecule has 2 unspecified atom stereocenters. The van der Waals surface area contributed by atoms with Crippen molar-refractivity contribution >= 4 is 12.2 Å². The fraction of sp³-hybridized carbons (Fsp3) is 0.524. The van der Waals surface area contributed by atoms with Crippen LogP contribution in [0.2, 0.25) is 0 Å². The fourth-order valence-corrected chi connectivity index (χ4v) is 8.52. The number of aromatic amines is 2. The third-order valence-corrected chi connectivity index (χ3v) is 10.9. The Morgan fingerprint density at radius 1 is 0.889 bits per heavy atom. The first-order chi connectivity index (χ1) is 25.7. The minimum absolute atomic E-state index is 0.0752. The van der Waals surface area contributed by atoms with Crippen molar-refractivity contribution in [1.82, 2.24) is 29.7 Å². The number of rotatable bonds is 5. The zero-order chi connectivity index (χ0) is 38.1. The molecule has 54 heavy (non-hydrogen) atoms. The Morgan fingerprint density at radius 3 is 2.43 bits per heavy atom. The Morgan fingerprint density at radius 2 is 1.67 bits per heavy atom. The van der Waals surface area contributed by atoms with Crippen LogP contribution in [-0.4, -0.2) is 79.4 Å². The van der Waals surface area contributed by atoms with Crippen LogP contribution in [0.5, 0.6) is 5.75 Å². The van der Waals surface area contributed by atoms with Gasteiger partial charge in [0.25, 0.3) is 0 Å². The van der Waals surface area contributed by atoms with E-state index in [1.54, 1.807) is 12.0 Å². The van der Waals surface area contributed by atoms with Gasteiger partial charge in [-0.3, -0.25) is 9.80 Å². The van der Waals surface area contributed by atoms with E-state index in [-0.39, 0.29) is 36.2 Å². The number of benzene rings is 2. The van der Waals surface area contributed by atoms with Crippen LogP contribution in [-0.2, 0) is 33.7 Å². The van der Waals surface area contributed by atoms with Gasteiger partial charge in [0, 0.05) is 42.4 Å². The number of methoxy groups -OCH3 is 1. The minimum Gasteiger partial charge on any atom is -0.488 e. The molecule has 1 aliphatic carbocycles. The second kappa shape index (κ2) is 13.5. The lowest BCUT2D eigenvalue weighted by molar-refractivity contribution is 0.0149. The first-order valence-corrected chi connectivity index (χ1v) is 19.2. The van der Waals surface area contributed by atoms with Gasteiger partial charge in [0.15, 0.2) is 0 Å². The molecule has 0 saturated carbocycles. The molecule has 4 aliphatic rings. The summed E-state index contributed by atoms with van der Waals surface area (Å²) in [6.07, 6.45) is 5.42. The van der Waals surface area contributed by atoms with Gasteiger partial charge in [-0.2, -0.15) is 0 Å². The maximum absolute atomic E-state index is 13.2. The van der Waals surface area contributed by atoms with Crippen molar-refractivity contribution in [1.29, 1.82) is 0 Å². The molecule has 2 fully saturated rings. The van der Waals surface area contributed by atoms with Gasteiger partial charge in [-0.05, 0) is 121 Å². The molecule has 8 rings (SSSR count). The van der Waals surface area contributed by atoms with Crippen molar-refractivity contribution in [3.63, 3.8) is 0 Å². The topological polar surface area (TPSA) is 135 Å². The molecule has 2 saturated heterocycles. The molecular formula is C42H52N6O6. The lowest BCUT2D eigenvalue weighted by Crippen LogP contribution is -2.40. The summed E-state index contributed by atoms with van der Waals surface area (Å²) in [5.74, 6) is 2.59. The van der Waals surface area contributed by atoms with Gasteiger partial charge in [-0.25, -0.2) is 19.6 Å². The zero-order valence-electron chi connectivity index (χ0n) is 32.7. The molecule has 2 amide bonds. The number of aryl methyl sites for hydroxylation is 2. The zero-order valence-corrected chi connectivity index (χ0v) is 32.7. The Balaban J connectivity index is 1.04. The molecule has 0 spiro atoms. The summed E-state index contributed by atoms with van der Waals surface area (Å²) in [6, 6.07) is 10.6. The summed E-state index contributed by atoms with van der Waals surface area (Å²) in [5, 5.41) is 0. The molecule has 0 bridgehead atoms. The number of nitrogens with one attached hydrogen (secondary N) is 2. The van der Waals surface area contributed by atoms with Crippen LogP contribution in [0.1, 0.15) is 108 Å². The molecule has 4 atom stereocenters. The average Bonchev–Trinajstić information content (AvgIpc) is 3.91. The highest BCUT2D eigenvalue weighted by Gasteiger charge is 2.41. The Kier molecular flexibility index (Phi) is 9.02. The van der Waals surface area contributed by atoms with Crippen LogP contribution >= 0.6 is 0 Å². The summed E-state index contributed by atoms with van der Waals surface area (Å²) >= 11 is 0. The third-order valence-electron chi connectivity index (χ3n) is 10.9. The van der Waals surface area contributed by atoms with E-state index in [1.165, 1.54) is 5.56 Å². The molecule has 286 valence electrons. The van der Waals surface area contributed by atoms with Gasteiger partial charge in [0.2, 0.25) is 0 Å². The standard InChI is InChI=1S/C42H52N6O6/c1-23-9-14-33(48(23)40(50)54-42(5,6)7)38-44-31-13-11-25-17-30-28-12-10-26(16-27(28)22-52-35(30)18-29(25)36(31)46-38)32-19-43-37(45-32)34-15-24(21-51-8)20-47(34)39(49)53-41(2,3)4/h10,12,16-19,23-24,33-34H,9,11,13-15,20-22H2,1-8H3,(H,43,45)(H,44,46)/t23-,24?,33-,34?/m0/s1. The number of ether oxygens (including phenoxy) is 4. The number of carbonyl (C=O) groups excluding carboxylic acids is 2. The molecule has 3 aliphatic heterocycles. The first-order valence-electron chi connectivity index (χ1n) is 19.2. The molecule has 2 aromatic carbocycles. The van der Waals surface area contributed by atoms with Gasteiger partial charge in [-0.1, -0.05) is 12.1 Å². The SMILES string of the molecule is COCC1CC(c2ncc(-c3ccc4c(c3)COc3cc5c(cc3-4)CCc3[nH]c([C@@H]4CC[C@H](C)N4C(=O)OC(C)(C)C)nc3-5)[nH]2)N(C(=O)OC(C)(C)C)C1. The fourth-order valence-electron chi connectivity index (χ4n) is 8.52. The quantitative estimate of drug-likeness (QED) is 0.208. The molecule has 2 N–H and O–H groups in total. The van der Waals surface area contributed by atoms with Crippen LogP contribution in [0, 0.1) is 5.92 Å². The number of imidazole rings is 2. The van der Waals surface area contributed by atoms with E-state index in [0.717, 1.165) is 94.4 Å². The highest BCUT2D eigenvalue weighted by Crippen LogP contribution is 2.46. The molecule has 12 nitrogen and oxygen atoms in total. The van der Waals surface area contributed by atoms with Crippen molar-refractivity contribution < 1.29 is 28.5 Å². The van der Waals surface area contributed by atoms with Crippen molar-refractivity contribution in [3.05, 3.63) is 65.0 Å². The van der Waals surface area contributed by atoms with Gasteiger partial charge in [0.1, 0.15) is 35.2 Å². The molecule has 2 aromatic heterocycles. The maximum Gasteiger partial charge on any atom is 0.411 e. The number of aromatic nitrogens is 4. The van der Waals surface area contributed by atoms with Crippen LogP contribution < -0.4 is 4.74 Å². The monoisotopic (exact) mass is 736 g/mol. The summed E-state index contributed by atoms with van der Waals surface area (Å²) in [4.78, 5) is 47.1. The normalized spacial score (nSPS) is 21.9. The number of fused-ring (bicyclic) bond motifs is 6. The van der Waals surface area contributed by atoms with E-state index in [0.29, 0.717) is 19.8 Å². The summed E-state index contributed by atoms with van der Waals surface area (Å²) < 4.78 is 23.4. The lowest BCUT2D eigenvalue weighted by Gasteiger charge is -2.30. The molecule has 0 radical (unpaired) electrons. The summed E-state index contributed by atoms with van der Waals surface area (Å²) in [7, 11) is 1.69. The van der Waals surface area contributed by atoms with Gasteiger partial charge >= 0.3 is 12.2 Å². The van der Waals surface area contributed by atoms with Crippen LogP contribution in [0.15, 0.2) is 36.5 Å². The number of hydrogen-bond donors (Lipinski definition) is 2. The van der Waals surface area contributed by atoms with E-state index in [2.05, 4.69) is 47.2 Å². The number of carbonyl (C=O) groups is 2. The van der Waals surface area contributed by atoms with Gasteiger partial charge in [0.05, 0.1) is 36.3 Å². The number of amides is 2. The smallest absolute Gasteiger partial charge is 0.411 e. The van der Waals surface area contributed by atoms with E-state index in [9.17, 15) is 9.59 Å². The van der Waals surface area contributed by atoms with Crippen molar-refractivity contribution in [2.45, 2.75) is 117 Å². The predicted octanol–water partition coefficient (Wildman–Crippen LogP) is 8.53. The van der Waals surface area contributed by atoms with Gasteiger partial charge in [-0.15, -0.1) is 0 Å². The second-order valence-electron chi connectivity index (χ2n) is 17.3. The number of hydrogen-bond acceptors (Lipinski definition) is 8. The molecular weight excluding hydrogens is 684 g/mol. The minimum atomic E-state index is -0.592. The first kappa shape index (κ1) is 36.2. The van der Waals surface area contributed by atoms with Crippen molar-refractivity contribution in [2.75, 3.05) is 20.3 Å². The average molecular weight is 737 g/mol. The van der Waals surface area contributed by atoms with Crippen molar-refractivity contribution in [2.24, 2.45) is 5.92 Å². The van der Waals surface area contributed by atoms with Crippen LogP contribution in [0.4, 0.5) is 9.59 Å². The largest absolute Gasteiger partial charge is 0.488 e. The molecule has 5 heterocycles. The number of H-pyrrole nitrogens is 2. The summed E-state index contributed by atoms with van der Waals surface area (Å²) in [5.41, 5.74) is 8.42. The van der Waals surface area contributed by atoms with E-state index in [1.807, 2.05) is 52.6 Å². The van der Waals surface area contributed by atoms with E-state index < -0.39 is 11.2 Å². The second-order valence-corrected chi connectivity index (χ2v) is 17.3. The Hall–Kier alpha value is -4.84. The molecule has 4 aromatic rings. The van der Waals surface area contributed by atoms with E-state index >= 15 is 0 Å². The third kappa shape index (κ3) is 6.85.